The maximum absolute atomic E-state index is 12.4. The van der Waals surface area contributed by atoms with Crippen molar-refractivity contribution < 1.29 is 9.59 Å². The zero-order valence-corrected chi connectivity index (χ0v) is 14.7. The molecule has 0 aliphatic rings. The van der Waals surface area contributed by atoms with E-state index >= 15 is 0 Å². The van der Waals surface area contributed by atoms with Gasteiger partial charge < -0.3 is 10.6 Å². The normalized spacial score (nSPS) is 9.93. The second-order valence-electron chi connectivity index (χ2n) is 5.49. The zero-order valence-electron chi connectivity index (χ0n) is 13.9. The number of carbonyl (C=O) groups excluding carboxylic acids is 2. The molecule has 132 valence electrons. The maximum Gasteiger partial charge on any atom is 0.274 e. The predicted octanol–water partition coefficient (Wildman–Crippen LogP) is 4.11. The van der Waals surface area contributed by atoms with Gasteiger partial charge in [-0.2, -0.15) is 5.26 Å². The van der Waals surface area contributed by atoms with Gasteiger partial charge in [0.1, 0.15) is 11.4 Å². The largest absolute Gasteiger partial charge is 0.321 e. The third kappa shape index (κ3) is 4.48. The molecule has 0 unspecified atom stereocenters. The number of anilines is 2. The smallest absolute Gasteiger partial charge is 0.274 e. The molecule has 3 rings (SSSR count). The minimum absolute atomic E-state index is 0.0856. The number of aromatic nitrogens is 1. The highest BCUT2D eigenvalue weighted by atomic mass is 35.5. The summed E-state index contributed by atoms with van der Waals surface area (Å²) in [6, 6.07) is 19.8. The van der Waals surface area contributed by atoms with Crippen LogP contribution in [0.1, 0.15) is 26.5 Å². The number of benzene rings is 2. The van der Waals surface area contributed by atoms with Crippen molar-refractivity contribution in [1.29, 1.82) is 5.26 Å². The van der Waals surface area contributed by atoms with E-state index in [0.717, 1.165) is 0 Å². The first-order valence-electron chi connectivity index (χ1n) is 7.91. The van der Waals surface area contributed by atoms with E-state index in [0.29, 0.717) is 22.0 Å². The zero-order chi connectivity index (χ0) is 19.2. The maximum atomic E-state index is 12.4. The first kappa shape index (κ1) is 18.1. The molecule has 0 radical (unpaired) electrons. The van der Waals surface area contributed by atoms with Crippen LogP contribution in [-0.2, 0) is 0 Å². The monoisotopic (exact) mass is 376 g/mol. The van der Waals surface area contributed by atoms with Crippen molar-refractivity contribution in [2.45, 2.75) is 0 Å². The average Bonchev–Trinajstić information content (AvgIpc) is 2.70. The van der Waals surface area contributed by atoms with Crippen molar-refractivity contribution in [3.8, 4) is 6.07 Å². The molecule has 27 heavy (non-hydrogen) atoms. The number of nitriles is 1. The Labute approximate surface area is 160 Å². The van der Waals surface area contributed by atoms with Crippen molar-refractivity contribution in [3.63, 3.8) is 0 Å². The Morgan fingerprint density at radius 3 is 2.11 bits per heavy atom. The van der Waals surface area contributed by atoms with Gasteiger partial charge in [-0.3, -0.25) is 9.59 Å². The lowest BCUT2D eigenvalue weighted by atomic mass is 10.2. The molecule has 0 spiro atoms. The van der Waals surface area contributed by atoms with Crippen LogP contribution < -0.4 is 10.6 Å². The number of nitrogens with zero attached hydrogens (tertiary/aromatic N) is 2. The molecule has 0 fully saturated rings. The van der Waals surface area contributed by atoms with Gasteiger partial charge in [0.25, 0.3) is 11.8 Å². The van der Waals surface area contributed by atoms with Crippen LogP contribution in [0.15, 0.2) is 66.7 Å². The fraction of sp³-hybridized carbons (Fsp3) is 0. The lowest BCUT2D eigenvalue weighted by Gasteiger charge is -2.08. The second-order valence-corrected chi connectivity index (χ2v) is 5.89. The third-order valence-corrected chi connectivity index (χ3v) is 3.94. The summed E-state index contributed by atoms with van der Waals surface area (Å²) in [5.74, 6) is -0.941. The third-order valence-electron chi connectivity index (χ3n) is 3.61. The summed E-state index contributed by atoms with van der Waals surface area (Å²) in [5, 5.41) is 14.5. The minimum atomic E-state index is -0.476. The number of hydrogen-bond donors (Lipinski definition) is 2. The number of pyridine rings is 1. The van der Waals surface area contributed by atoms with Gasteiger partial charge in [0.15, 0.2) is 0 Å². The topological polar surface area (TPSA) is 94.9 Å². The first-order chi connectivity index (χ1) is 13.1. The number of para-hydroxylation sites is 1. The van der Waals surface area contributed by atoms with Gasteiger partial charge in [-0.25, -0.2) is 4.98 Å². The van der Waals surface area contributed by atoms with Crippen LogP contribution in [0, 0.1) is 11.3 Å². The molecule has 0 aliphatic carbocycles. The Balaban J connectivity index is 1.74. The van der Waals surface area contributed by atoms with E-state index in [4.69, 9.17) is 16.9 Å². The Morgan fingerprint density at radius 1 is 0.852 bits per heavy atom. The number of halogens is 1. The van der Waals surface area contributed by atoms with Crippen LogP contribution in [0.4, 0.5) is 11.4 Å². The van der Waals surface area contributed by atoms with E-state index in [1.54, 1.807) is 54.6 Å². The fourth-order valence-electron chi connectivity index (χ4n) is 2.26. The molecule has 0 bridgehead atoms. The fourth-order valence-corrected chi connectivity index (χ4v) is 2.44. The molecule has 0 saturated carbocycles. The van der Waals surface area contributed by atoms with Crippen LogP contribution >= 0.6 is 11.6 Å². The van der Waals surface area contributed by atoms with Gasteiger partial charge in [0.2, 0.25) is 0 Å². The lowest BCUT2D eigenvalue weighted by molar-refractivity contribution is 0.101. The average molecular weight is 377 g/mol. The highest BCUT2D eigenvalue weighted by Gasteiger charge is 2.14. The quantitative estimate of drug-likeness (QED) is 0.716. The number of nitrogens with one attached hydrogen (secondary N) is 2. The molecule has 0 aliphatic heterocycles. The Morgan fingerprint density at radius 2 is 1.48 bits per heavy atom. The molecular weight excluding hydrogens is 364 g/mol. The standard InChI is InChI=1S/C20H13ClN4O2/c21-15-4-1-2-5-16(15)25-20(27)18-7-3-6-17(24-18)19(26)23-14-10-8-13(12-22)9-11-14/h1-11H,(H,23,26)(H,25,27). The van der Waals surface area contributed by atoms with E-state index in [2.05, 4.69) is 15.6 Å². The van der Waals surface area contributed by atoms with E-state index in [1.165, 1.54) is 12.1 Å². The molecule has 7 heteroatoms. The minimum Gasteiger partial charge on any atom is -0.321 e. The van der Waals surface area contributed by atoms with E-state index < -0.39 is 11.8 Å². The summed E-state index contributed by atoms with van der Waals surface area (Å²) in [7, 11) is 0. The van der Waals surface area contributed by atoms with Gasteiger partial charge in [-0.15, -0.1) is 0 Å². The van der Waals surface area contributed by atoms with Crippen LogP contribution in [-0.4, -0.2) is 16.8 Å². The number of carbonyl (C=O) groups is 2. The lowest BCUT2D eigenvalue weighted by Crippen LogP contribution is -2.18. The Kier molecular flexibility index (Phi) is 5.45. The van der Waals surface area contributed by atoms with E-state index in [1.807, 2.05) is 6.07 Å². The summed E-state index contributed by atoms with van der Waals surface area (Å²) in [4.78, 5) is 28.8. The van der Waals surface area contributed by atoms with Gasteiger partial charge >= 0.3 is 0 Å². The van der Waals surface area contributed by atoms with Gasteiger partial charge in [-0.05, 0) is 48.5 Å². The van der Waals surface area contributed by atoms with Gasteiger partial charge in [0, 0.05) is 5.69 Å². The first-order valence-corrected chi connectivity index (χ1v) is 8.29. The van der Waals surface area contributed by atoms with Crippen molar-refractivity contribution >= 4 is 34.8 Å². The highest BCUT2D eigenvalue weighted by molar-refractivity contribution is 6.33. The highest BCUT2D eigenvalue weighted by Crippen LogP contribution is 2.21. The van der Waals surface area contributed by atoms with Crippen LogP contribution in [0.2, 0.25) is 5.02 Å². The molecule has 6 nitrogen and oxygen atoms in total. The van der Waals surface area contributed by atoms with Crippen LogP contribution in [0.25, 0.3) is 0 Å². The summed E-state index contributed by atoms with van der Waals surface area (Å²) >= 11 is 6.03. The summed E-state index contributed by atoms with van der Waals surface area (Å²) in [5.41, 5.74) is 1.64. The molecule has 1 aromatic heterocycles. The molecular formula is C20H13ClN4O2. The molecule has 2 aromatic carbocycles. The molecule has 2 amide bonds. The summed E-state index contributed by atoms with van der Waals surface area (Å²) < 4.78 is 0. The second kappa shape index (κ2) is 8.13. The van der Waals surface area contributed by atoms with Crippen molar-refractivity contribution in [2.75, 3.05) is 10.6 Å². The summed E-state index contributed by atoms with van der Waals surface area (Å²) in [6.07, 6.45) is 0. The Bertz CT molecular complexity index is 1040. The van der Waals surface area contributed by atoms with Crippen molar-refractivity contribution in [2.24, 2.45) is 0 Å². The van der Waals surface area contributed by atoms with Gasteiger partial charge in [-0.1, -0.05) is 29.8 Å². The van der Waals surface area contributed by atoms with E-state index in [-0.39, 0.29) is 11.4 Å². The van der Waals surface area contributed by atoms with E-state index in [9.17, 15) is 9.59 Å². The van der Waals surface area contributed by atoms with Crippen LogP contribution in [0.5, 0.6) is 0 Å². The molecule has 1 heterocycles. The summed E-state index contributed by atoms with van der Waals surface area (Å²) in [6.45, 7) is 0. The van der Waals surface area contributed by atoms with Gasteiger partial charge in [0.05, 0.1) is 22.3 Å². The molecule has 3 aromatic rings. The number of rotatable bonds is 4. The number of amides is 2. The Hall–Kier alpha value is -3.69. The number of hydrogen-bond acceptors (Lipinski definition) is 4. The molecule has 2 N–H and O–H groups in total. The van der Waals surface area contributed by atoms with Crippen LogP contribution in [0.3, 0.4) is 0 Å². The van der Waals surface area contributed by atoms with Crippen molar-refractivity contribution in [3.05, 3.63) is 88.7 Å². The molecule has 0 saturated heterocycles. The SMILES string of the molecule is N#Cc1ccc(NC(=O)c2cccc(C(=O)Nc3ccccc3Cl)n2)cc1. The molecule has 0 atom stereocenters. The predicted molar refractivity (Wildman–Crippen MR) is 103 cm³/mol. The van der Waals surface area contributed by atoms with Crippen molar-refractivity contribution in [1.82, 2.24) is 4.98 Å².